The fraction of sp³-hybridized carbons (Fsp3) is 0.214. The third-order valence-corrected chi connectivity index (χ3v) is 3.74. The number of aryl methyl sites for hydroxylation is 1. The van der Waals surface area contributed by atoms with Crippen molar-refractivity contribution < 1.29 is 18.0 Å². The first-order chi connectivity index (χ1) is 8.93. The minimum Gasteiger partial charge on any atom is -0.288 e. The number of hydrogen-bond acceptors (Lipinski definition) is 2. The summed E-state index contributed by atoms with van der Waals surface area (Å²) in [6.07, 6.45) is -3.75. The second-order valence-corrected chi connectivity index (χ2v) is 4.95. The molecule has 0 spiro atoms. The summed E-state index contributed by atoms with van der Waals surface area (Å²) in [4.78, 5) is 12.7. The number of ketones is 1. The molecule has 2 rings (SSSR count). The lowest BCUT2D eigenvalue weighted by Crippen LogP contribution is -2.08. The average molecular weight is 284 g/mol. The molecule has 0 N–H and O–H groups in total. The van der Waals surface area contributed by atoms with E-state index in [0.717, 1.165) is 17.7 Å². The highest BCUT2D eigenvalue weighted by molar-refractivity contribution is 7.12. The Kier molecular flexibility index (Phi) is 3.75. The van der Waals surface area contributed by atoms with Gasteiger partial charge in [0.05, 0.1) is 10.4 Å². The largest absolute Gasteiger partial charge is 0.416 e. The van der Waals surface area contributed by atoms with E-state index in [-0.39, 0.29) is 11.3 Å². The molecule has 1 aromatic heterocycles. The Bertz CT molecular complexity index is 599. The van der Waals surface area contributed by atoms with Gasteiger partial charge >= 0.3 is 6.18 Å². The van der Waals surface area contributed by atoms with Crippen LogP contribution in [0.15, 0.2) is 35.7 Å². The molecule has 100 valence electrons. The summed E-state index contributed by atoms with van der Waals surface area (Å²) >= 11 is 1.26. The van der Waals surface area contributed by atoms with Gasteiger partial charge in [-0.2, -0.15) is 13.2 Å². The molecule has 0 aliphatic carbocycles. The van der Waals surface area contributed by atoms with E-state index in [9.17, 15) is 18.0 Å². The molecule has 1 aromatic carbocycles. The predicted molar refractivity (Wildman–Crippen MR) is 68.6 cm³/mol. The first-order valence-corrected chi connectivity index (χ1v) is 6.59. The normalized spacial score (nSPS) is 11.6. The number of thiophene rings is 1. The summed E-state index contributed by atoms with van der Waals surface area (Å²) in [5.74, 6) is -0.349. The van der Waals surface area contributed by atoms with Gasteiger partial charge in [-0.3, -0.25) is 4.79 Å². The molecule has 0 saturated heterocycles. The smallest absolute Gasteiger partial charge is 0.288 e. The Hall–Kier alpha value is -1.62. The number of hydrogen-bond donors (Lipinski definition) is 0. The van der Waals surface area contributed by atoms with E-state index in [4.69, 9.17) is 0 Å². The third-order valence-electron chi connectivity index (χ3n) is 2.79. The Labute approximate surface area is 112 Å². The third kappa shape index (κ3) is 2.87. The van der Waals surface area contributed by atoms with E-state index in [0.29, 0.717) is 11.3 Å². The zero-order valence-corrected chi connectivity index (χ0v) is 10.9. The van der Waals surface area contributed by atoms with E-state index >= 15 is 0 Å². The summed E-state index contributed by atoms with van der Waals surface area (Å²) in [6.45, 7) is 1.91. The van der Waals surface area contributed by atoms with E-state index in [2.05, 4.69) is 0 Å². The van der Waals surface area contributed by atoms with Crippen LogP contribution < -0.4 is 0 Å². The van der Waals surface area contributed by atoms with Crippen molar-refractivity contribution >= 4 is 17.1 Å². The lowest BCUT2D eigenvalue weighted by molar-refractivity contribution is -0.137. The molecule has 0 amide bonds. The van der Waals surface area contributed by atoms with E-state index in [1.165, 1.54) is 23.5 Å². The van der Waals surface area contributed by atoms with Gasteiger partial charge in [0.2, 0.25) is 5.78 Å². The quantitative estimate of drug-likeness (QED) is 0.755. The zero-order valence-electron chi connectivity index (χ0n) is 10.1. The fourth-order valence-electron chi connectivity index (χ4n) is 1.78. The van der Waals surface area contributed by atoms with Crippen molar-refractivity contribution in [2.75, 3.05) is 0 Å². The van der Waals surface area contributed by atoms with E-state index in [1.54, 1.807) is 5.38 Å². The maximum Gasteiger partial charge on any atom is 0.416 e. The van der Waals surface area contributed by atoms with Gasteiger partial charge in [0.15, 0.2) is 0 Å². The Morgan fingerprint density at radius 1 is 1.26 bits per heavy atom. The minimum absolute atomic E-state index is 0.0759. The van der Waals surface area contributed by atoms with E-state index < -0.39 is 11.7 Å². The van der Waals surface area contributed by atoms with Gasteiger partial charge in [0, 0.05) is 5.56 Å². The summed E-state index contributed by atoms with van der Waals surface area (Å²) < 4.78 is 37.8. The molecule has 5 heteroatoms. The van der Waals surface area contributed by atoms with Crippen molar-refractivity contribution in [3.05, 3.63) is 57.3 Å². The number of alkyl halides is 3. The SMILES string of the molecule is CCc1ccsc1C(=O)c1cccc(C(F)(F)F)c1. The first kappa shape index (κ1) is 13.8. The van der Waals surface area contributed by atoms with Crippen LogP contribution in [0, 0.1) is 0 Å². The van der Waals surface area contributed by atoms with Crippen LogP contribution in [0.1, 0.15) is 33.3 Å². The minimum atomic E-state index is -4.43. The molecule has 2 aromatic rings. The summed E-state index contributed by atoms with van der Waals surface area (Å²) in [7, 11) is 0. The molecule has 1 heterocycles. The highest BCUT2D eigenvalue weighted by Crippen LogP contribution is 2.30. The van der Waals surface area contributed by atoms with Crippen LogP contribution >= 0.6 is 11.3 Å². The van der Waals surface area contributed by atoms with Crippen molar-refractivity contribution in [3.63, 3.8) is 0 Å². The number of halogens is 3. The molecule has 0 aliphatic heterocycles. The molecular weight excluding hydrogens is 273 g/mol. The van der Waals surface area contributed by atoms with Crippen LogP contribution in [-0.2, 0) is 12.6 Å². The molecule has 19 heavy (non-hydrogen) atoms. The maximum atomic E-state index is 12.6. The number of rotatable bonds is 3. The van der Waals surface area contributed by atoms with E-state index in [1.807, 2.05) is 13.0 Å². The highest BCUT2D eigenvalue weighted by atomic mass is 32.1. The van der Waals surface area contributed by atoms with Gasteiger partial charge in [-0.1, -0.05) is 19.1 Å². The highest BCUT2D eigenvalue weighted by Gasteiger charge is 2.31. The van der Waals surface area contributed by atoms with Gasteiger partial charge in [-0.05, 0) is 35.6 Å². The van der Waals surface area contributed by atoms with Crippen LogP contribution in [0.2, 0.25) is 0 Å². The zero-order chi connectivity index (χ0) is 14.0. The van der Waals surface area contributed by atoms with Crippen LogP contribution in [0.4, 0.5) is 13.2 Å². The standard InChI is InChI=1S/C14H11F3OS/c1-2-9-6-7-19-13(9)12(18)10-4-3-5-11(8-10)14(15,16)17/h3-8H,2H2,1H3. The second-order valence-electron chi connectivity index (χ2n) is 4.04. The molecule has 0 aliphatic rings. The van der Waals surface area contributed by atoms with Gasteiger partial charge in [0.25, 0.3) is 0 Å². The Morgan fingerprint density at radius 2 is 2.00 bits per heavy atom. The second kappa shape index (κ2) is 5.17. The lowest BCUT2D eigenvalue weighted by atomic mass is 10.0. The average Bonchev–Trinajstić information content (AvgIpc) is 2.85. The van der Waals surface area contributed by atoms with Gasteiger partial charge in [0.1, 0.15) is 0 Å². The fourth-order valence-corrected chi connectivity index (χ4v) is 2.74. The molecule has 0 fully saturated rings. The molecule has 1 nitrogen and oxygen atoms in total. The van der Waals surface area contributed by atoms with Crippen molar-refractivity contribution in [3.8, 4) is 0 Å². The number of carbonyl (C=O) groups excluding carboxylic acids is 1. The van der Waals surface area contributed by atoms with Gasteiger partial charge < -0.3 is 0 Å². The molecule has 0 atom stereocenters. The summed E-state index contributed by atoms with van der Waals surface area (Å²) in [5, 5.41) is 1.78. The van der Waals surface area contributed by atoms with Crippen LogP contribution in [0.5, 0.6) is 0 Å². The predicted octanol–water partition coefficient (Wildman–Crippen LogP) is 4.56. The van der Waals surface area contributed by atoms with Crippen molar-refractivity contribution in [1.82, 2.24) is 0 Å². The molecule has 0 bridgehead atoms. The Balaban J connectivity index is 2.40. The summed E-state index contributed by atoms with van der Waals surface area (Å²) in [6, 6.07) is 6.37. The number of carbonyl (C=O) groups is 1. The molecule has 0 saturated carbocycles. The van der Waals surface area contributed by atoms with Crippen LogP contribution in [0.25, 0.3) is 0 Å². The molecule has 0 radical (unpaired) electrons. The maximum absolute atomic E-state index is 12.6. The van der Waals surface area contributed by atoms with Crippen LogP contribution in [0.3, 0.4) is 0 Å². The monoisotopic (exact) mass is 284 g/mol. The van der Waals surface area contributed by atoms with Crippen molar-refractivity contribution in [2.24, 2.45) is 0 Å². The van der Waals surface area contributed by atoms with Gasteiger partial charge in [-0.15, -0.1) is 11.3 Å². The summed E-state index contributed by atoms with van der Waals surface area (Å²) in [5.41, 5.74) is 0.146. The van der Waals surface area contributed by atoms with Crippen molar-refractivity contribution in [1.29, 1.82) is 0 Å². The lowest BCUT2D eigenvalue weighted by Gasteiger charge is -2.08. The van der Waals surface area contributed by atoms with Crippen LogP contribution in [-0.4, -0.2) is 5.78 Å². The molecular formula is C14H11F3OS. The molecule has 0 unspecified atom stereocenters. The van der Waals surface area contributed by atoms with Gasteiger partial charge in [-0.25, -0.2) is 0 Å². The Morgan fingerprint density at radius 3 is 2.63 bits per heavy atom. The van der Waals surface area contributed by atoms with Crippen molar-refractivity contribution in [2.45, 2.75) is 19.5 Å². The number of benzene rings is 1. The topological polar surface area (TPSA) is 17.1 Å². The first-order valence-electron chi connectivity index (χ1n) is 5.71.